The van der Waals surface area contributed by atoms with Gasteiger partial charge in [0.15, 0.2) is 0 Å². The van der Waals surface area contributed by atoms with Gasteiger partial charge in [-0.05, 0) is 0 Å². The summed E-state index contributed by atoms with van der Waals surface area (Å²) in [5, 5.41) is 0. The van der Waals surface area contributed by atoms with Crippen molar-refractivity contribution in [1.82, 2.24) is 0 Å². The molecular weight excluding hydrogens is 211 g/mol. The van der Waals surface area contributed by atoms with E-state index in [1.807, 2.05) is 0 Å². The zero-order valence-corrected chi connectivity index (χ0v) is 6.57. The van der Waals surface area contributed by atoms with Gasteiger partial charge in [0, 0.05) is 0 Å². The summed E-state index contributed by atoms with van der Waals surface area (Å²) in [6, 6.07) is 0. The van der Waals surface area contributed by atoms with Crippen LogP contribution in [0.3, 0.4) is 0 Å². The SMILES string of the molecule is FC(F)(F)CCl.O=P(O)(O)O. The van der Waals surface area contributed by atoms with Crippen molar-refractivity contribution in [2.24, 2.45) is 0 Å². The van der Waals surface area contributed by atoms with E-state index in [0.29, 0.717) is 0 Å². The zero-order chi connectivity index (χ0) is 9.71. The lowest BCUT2D eigenvalue weighted by Gasteiger charge is -1.94. The molecule has 0 unspecified atom stereocenters. The van der Waals surface area contributed by atoms with Gasteiger partial charge in [-0.1, -0.05) is 0 Å². The van der Waals surface area contributed by atoms with E-state index < -0.39 is 19.9 Å². The summed E-state index contributed by atoms with van der Waals surface area (Å²) in [5.41, 5.74) is 0. The van der Waals surface area contributed by atoms with Crippen molar-refractivity contribution >= 4 is 19.4 Å². The van der Waals surface area contributed by atoms with Crippen molar-refractivity contribution in [3.63, 3.8) is 0 Å². The molecule has 0 saturated carbocycles. The van der Waals surface area contributed by atoms with Gasteiger partial charge in [0.2, 0.25) is 0 Å². The highest BCUT2D eigenvalue weighted by Gasteiger charge is 2.24. The normalized spacial score (nSPS) is 11.9. The van der Waals surface area contributed by atoms with Gasteiger partial charge in [-0.25, -0.2) is 4.57 Å². The first-order chi connectivity index (χ1) is 4.56. The molecule has 0 rings (SSSR count). The Morgan fingerprint density at radius 2 is 1.36 bits per heavy atom. The van der Waals surface area contributed by atoms with Gasteiger partial charge in [0.1, 0.15) is 5.88 Å². The predicted molar refractivity (Wildman–Crippen MR) is 31.0 cm³/mol. The molecule has 0 bridgehead atoms. The van der Waals surface area contributed by atoms with Crippen molar-refractivity contribution in [1.29, 1.82) is 0 Å². The minimum atomic E-state index is -4.64. The lowest BCUT2D eigenvalue weighted by molar-refractivity contribution is -0.106. The van der Waals surface area contributed by atoms with Crippen LogP contribution < -0.4 is 0 Å². The van der Waals surface area contributed by atoms with E-state index in [-0.39, 0.29) is 0 Å². The zero-order valence-electron chi connectivity index (χ0n) is 4.92. The van der Waals surface area contributed by atoms with Crippen LogP contribution in [0.25, 0.3) is 0 Å². The lowest BCUT2D eigenvalue weighted by atomic mass is 10.8. The molecule has 4 nitrogen and oxygen atoms in total. The van der Waals surface area contributed by atoms with Gasteiger partial charge in [-0.3, -0.25) is 0 Å². The van der Waals surface area contributed by atoms with Crippen LogP contribution in [0.5, 0.6) is 0 Å². The highest BCUT2D eigenvalue weighted by Crippen LogP contribution is 2.25. The fraction of sp³-hybridized carbons (Fsp3) is 1.00. The molecule has 0 saturated heterocycles. The van der Waals surface area contributed by atoms with Gasteiger partial charge < -0.3 is 14.7 Å². The Bertz CT molecular complexity index is 132. The van der Waals surface area contributed by atoms with Crippen LogP contribution in [0.4, 0.5) is 13.2 Å². The molecule has 3 N–H and O–H groups in total. The maximum atomic E-state index is 10.7. The van der Waals surface area contributed by atoms with E-state index in [1.165, 1.54) is 0 Å². The predicted octanol–water partition coefficient (Wildman–Crippen LogP) is 0.859. The molecule has 0 aromatic carbocycles. The highest BCUT2D eigenvalue weighted by atomic mass is 35.5. The number of halogens is 4. The fourth-order valence-electron chi connectivity index (χ4n) is 0. The molecule has 11 heavy (non-hydrogen) atoms. The number of phosphoric acid groups is 1. The van der Waals surface area contributed by atoms with Crippen molar-refractivity contribution in [2.45, 2.75) is 6.18 Å². The topological polar surface area (TPSA) is 77.8 Å². The summed E-state index contributed by atoms with van der Waals surface area (Å²) < 4.78 is 40.8. The Kier molecular flexibility index (Phi) is 6.19. The molecule has 0 aliphatic heterocycles. The Balaban J connectivity index is 0. The van der Waals surface area contributed by atoms with Gasteiger partial charge in [-0.2, -0.15) is 13.2 Å². The van der Waals surface area contributed by atoms with E-state index in [9.17, 15) is 13.2 Å². The minimum Gasteiger partial charge on any atom is -0.303 e. The third kappa shape index (κ3) is 67.2. The Labute approximate surface area is 64.8 Å². The van der Waals surface area contributed by atoms with Crippen LogP contribution in [0.1, 0.15) is 0 Å². The molecule has 0 spiro atoms. The summed E-state index contributed by atoms with van der Waals surface area (Å²) in [5.74, 6) is -1.26. The quantitative estimate of drug-likeness (QED) is 0.415. The van der Waals surface area contributed by atoms with E-state index in [4.69, 9.17) is 19.2 Å². The van der Waals surface area contributed by atoms with Crippen LogP contribution in [0, 0.1) is 0 Å². The van der Waals surface area contributed by atoms with Crippen LogP contribution in [0.2, 0.25) is 0 Å². The van der Waals surface area contributed by atoms with Crippen LogP contribution in [-0.2, 0) is 4.57 Å². The summed E-state index contributed by atoms with van der Waals surface area (Å²) in [6.07, 6.45) is -4.19. The first-order valence-electron chi connectivity index (χ1n) is 1.97. The molecule has 0 amide bonds. The van der Waals surface area contributed by atoms with E-state index >= 15 is 0 Å². The van der Waals surface area contributed by atoms with E-state index in [0.717, 1.165) is 0 Å². The average molecular weight is 216 g/mol. The molecule has 0 fully saturated rings. The van der Waals surface area contributed by atoms with E-state index in [1.54, 1.807) is 0 Å². The number of rotatable bonds is 0. The first-order valence-corrected chi connectivity index (χ1v) is 4.07. The largest absolute Gasteiger partial charge is 0.466 e. The maximum absolute atomic E-state index is 10.7. The van der Waals surface area contributed by atoms with Gasteiger partial charge in [0.05, 0.1) is 0 Å². The number of alkyl halides is 4. The summed E-state index contributed by atoms with van der Waals surface area (Å²) in [4.78, 5) is 21.6. The molecule has 0 aromatic rings. The first kappa shape index (κ1) is 13.8. The maximum Gasteiger partial charge on any atom is 0.466 e. The van der Waals surface area contributed by atoms with Gasteiger partial charge in [-0.15, -0.1) is 11.6 Å². The third-order valence-corrected chi connectivity index (χ3v) is 0.455. The highest BCUT2D eigenvalue weighted by molar-refractivity contribution is 7.45. The second-order valence-corrected chi connectivity index (χ2v) is 2.56. The second-order valence-electron chi connectivity index (χ2n) is 1.26. The van der Waals surface area contributed by atoms with Crippen molar-refractivity contribution in [3.05, 3.63) is 0 Å². The molecule has 0 aliphatic carbocycles. The smallest absolute Gasteiger partial charge is 0.303 e. The van der Waals surface area contributed by atoms with Crippen LogP contribution >= 0.6 is 19.4 Å². The van der Waals surface area contributed by atoms with Gasteiger partial charge >= 0.3 is 14.0 Å². The van der Waals surface area contributed by atoms with Crippen LogP contribution in [-0.4, -0.2) is 26.7 Å². The minimum absolute atomic E-state index is 1.26. The molecule has 0 aromatic heterocycles. The summed E-state index contributed by atoms with van der Waals surface area (Å²) in [6.45, 7) is 0. The van der Waals surface area contributed by atoms with Crippen LogP contribution in [0.15, 0.2) is 0 Å². The van der Waals surface area contributed by atoms with E-state index in [2.05, 4.69) is 11.6 Å². The molecule has 0 heterocycles. The monoisotopic (exact) mass is 216 g/mol. The molecule has 0 radical (unpaired) electrons. The lowest BCUT2D eigenvalue weighted by Crippen LogP contribution is -2.07. The second kappa shape index (κ2) is 4.95. The van der Waals surface area contributed by atoms with Crippen molar-refractivity contribution in [2.75, 3.05) is 5.88 Å². The molecule has 0 atom stereocenters. The Morgan fingerprint density at radius 1 is 1.27 bits per heavy atom. The molecule has 9 heteroatoms. The standard InChI is InChI=1S/C2H2ClF3.H3O4P/c3-1-2(4,5)6;1-5(2,3)4/h1H2;(H3,1,2,3,4). The van der Waals surface area contributed by atoms with Crippen molar-refractivity contribution < 1.29 is 32.4 Å². The third-order valence-electron chi connectivity index (χ3n) is 0.152. The molecule has 0 aliphatic rings. The average Bonchev–Trinajstić information content (AvgIpc) is 1.59. The Morgan fingerprint density at radius 3 is 1.36 bits per heavy atom. The molecular formula is C2H5ClF3O4P. The summed E-state index contributed by atoms with van der Waals surface area (Å²) >= 11 is 4.35. The fourth-order valence-corrected chi connectivity index (χ4v) is 0. The summed E-state index contributed by atoms with van der Waals surface area (Å²) in [7, 11) is -4.64. The molecule has 70 valence electrons. The van der Waals surface area contributed by atoms with Crippen molar-refractivity contribution in [3.8, 4) is 0 Å². The van der Waals surface area contributed by atoms with Gasteiger partial charge in [0.25, 0.3) is 0 Å². The number of hydrogen-bond acceptors (Lipinski definition) is 1. The Hall–Kier alpha value is 0.190. The number of hydrogen-bond donors (Lipinski definition) is 3.